The van der Waals surface area contributed by atoms with Crippen LogP contribution in [-0.2, 0) is 6.54 Å². The normalized spacial score (nSPS) is 17.9. The summed E-state index contributed by atoms with van der Waals surface area (Å²) in [6.45, 7) is 2.85. The summed E-state index contributed by atoms with van der Waals surface area (Å²) in [4.78, 5) is 18.1. The van der Waals surface area contributed by atoms with Crippen LogP contribution in [0.15, 0.2) is 59.1 Å². The number of H-pyrrole nitrogens is 1. The Balaban J connectivity index is 1.37. The number of carbonyl (C=O) groups is 1. The average molecular weight is 398 g/mol. The molecule has 1 saturated heterocycles. The van der Waals surface area contributed by atoms with E-state index in [2.05, 4.69) is 55.4 Å². The van der Waals surface area contributed by atoms with Crippen molar-refractivity contribution in [3.63, 3.8) is 0 Å². The first-order valence-electron chi connectivity index (χ1n) is 8.53. The third-order valence-corrected chi connectivity index (χ3v) is 5.18. The molecule has 1 fully saturated rings. The van der Waals surface area contributed by atoms with Gasteiger partial charge >= 0.3 is 0 Å². The van der Waals surface area contributed by atoms with Gasteiger partial charge < -0.3 is 10.3 Å². The van der Waals surface area contributed by atoms with Crippen molar-refractivity contribution in [3.8, 4) is 0 Å². The van der Waals surface area contributed by atoms with Gasteiger partial charge in [0.1, 0.15) is 5.69 Å². The Morgan fingerprint density at radius 1 is 1.20 bits per heavy atom. The molecule has 2 aromatic carbocycles. The molecule has 1 atom stereocenters. The van der Waals surface area contributed by atoms with E-state index in [0.717, 1.165) is 41.4 Å². The number of fused-ring (bicyclic) bond motifs is 1. The highest BCUT2D eigenvalue weighted by Crippen LogP contribution is 2.21. The zero-order chi connectivity index (χ0) is 17.2. The summed E-state index contributed by atoms with van der Waals surface area (Å²) in [5, 5.41) is 4.20. The molecule has 0 radical (unpaired) electrons. The number of hydrogen-bond acceptors (Lipinski definition) is 2. The number of nitrogens with zero attached hydrogens (tertiary/aromatic N) is 1. The first kappa shape index (κ1) is 16.4. The standard InChI is InChI=1S/C20H20BrN3O/c21-16-6-7-18-15(10-16)11-19(23-18)20(25)22-17-8-9-24(13-17)12-14-4-2-1-3-5-14/h1-7,10-11,17,23H,8-9,12-13H2,(H,22,25). The van der Waals surface area contributed by atoms with Crippen LogP contribution in [0.3, 0.4) is 0 Å². The second-order valence-corrected chi connectivity index (χ2v) is 7.51. The van der Waals surface area contributed by atoms with E-state index in [0.29, 0.717) is 5.69 Å². The van der Waals surface area contributed by atoms with Gasteiger partial charge in [-0.2, -0.15) is 0 Å². The third-order valence-electron chi connectivity index (χ3n) is 4.68. The van der Waals surface area contributed by atoms with Gasteiger partial charge in [-0.1, -0.05) is 46.3 Å². The van der Waals surface area contributed by atoms with Gasteiger partial charge in [0.05, 0.1) is 0 Å². The molecule has 4 rings (SSSR count). The summed E-state index contributed by atoms with van der Waals surface area (Å²) in [6.07, 6.45) is 0.990. The van der Waals surface area contributed by atoms with Crippen LogP contribution in [0.4, 0.5) is 0 Å². The summed E-state index contributed by atoms with van der Waals surface area (Å²) < 4.78 is 1.01. The van der Waals surface area contributed by atoms with Crippen molar-refractivity contribution in [2.24, 2.45) is 0 Å². The fourth-order valence-electron chi connectivity index (χ4n) is 3.42. The lowest BCUT2D eigenvalue weighted by Gasteiger charge is -2.16. The number of carbonyl (C=O) groups excluding carboxylic acids is 1. The molecule has 1 aliphatic heterocycles. The Morgan fingerprint density at radius 3 is 2.88 bits per heavy atom. The molecule has 0 bridgehead atoms. The smallest absolute Gasteiger partial charge is 0.267 e. The van der Waals surface area contributed by atoms with Crippen LogP contribution < -0.4 is 5.32 Å². The average Bonchev–Trinajstić information content (AvgIpc) is 3.22. The first-order chi connectivity index (χ1) is 12.2. The highest BCUT2D eigenvalue weighted by atomic mass is 79.9. The highest BCUT2D eigenvalue weighted by Gasteiger charge is 2.24. The number of benzene rings is 2. The van der Waals surface area contributed by atoms with Crippen molar-refractivity contribution in [2.75, 3.05) is 13.1 Å². The molecule has 0 aliphatic carbocycles. The summed E-state index contributed by atoms with van der Waals surface area (Å²) in [5.41, 5.74) is 2.91. The van der Waals surface area contributed by atoms with E-state index >= 15 is 0 Å². The van der Waals surface area contributed by atoms with Gasteiger partial charge in [0.15, 0.2) is 0 Å². The Hall–Kier alpha value is -2.11. The lowest BCUT2D eigenvalue weighted by Crippen LogP contribution is -2.37. The molecule has 0 spiro atoms. The molecule has 5 heteroatoms. The molecule has 2 N–H and O–H groups in total. The zero-order valence-corrected chi connectivity index (χ0v) is 15.4. The van der Waals surface area contributed by atoms with E-state index in [1.807, 2.05) is 30.3 Å². The number of halogens is 1. The van der Waals surface area contributed by atoms with Gasteiger partial charge in [-0.25, -0.2) is 0 Å². The molecule has 2 heterocycles. The molecule has 128 valence electrons. The van der Waals surface area contributed by atoms with E-state index in [1.54, 1.807) is 0 Å². The second-order valence-electron chi connectivity index (χ2n) is 6.59. The van der Waals surface area contributed by atoms with Crippen molar-refractivity contribution in [3.05, 3.63) is 70.3 Å². The van der Waals surface area contributed by atoms with Crippen molar-refractivity contribution in [1.82, 2.24) is 15.2 Å². The van der Waals surface area contributed by atoms with Crippen molar-refractivity contribution in [2.45, 2.75) is 19.0 Å². The maximum absolute atomic E-state index is 12.5. The van der Waals surface area contributed by atoms with E-state index < -0.39 is 0 Å². The Bertz CT molecular complexity index is 890. The number of amides is 1. The van der Waals surface area contributed by atoms with Crippen LogP contribution in [0.5, 0.6) is 0 Å². The Kier molecular flexibility index (Phi) is 4.59. The van der Waals surface area contributed by atoms with E-state index in [4.69, 9.17) is 0 Å². The topological polar surface area (TPSA) is 48.1 Å². The van der Waals surface area contributed by atoms with E-state index in [1.165, 1.54) is 5.56 Å². The first-order valence-corrected chi connectivity index (χ1v) is 9.32. The van der Waals surface area contributed by atoms with Crippen LogP contribution in [0.1, 0.15) is 22.5 Å². The SMILES string of the molecule is O=C(NC1CCN(Cc2ccccc2)C1)c1cc2cc(Br)ccc2[nH]1. The van der Waals surface area contributed by atoms with Crippen molar-refractivity contribution < 1.29 is 4.79 Å². The van der Waals surface area contributed by atoms with Crippen molar-refractivity contribution >= 4 is 32.7 Å². The molecule has 0 saturated carbocycles. The van der Waals surface area contributed by atoms with Gasteiger partial charge in [0.2, 0.25) is 0 Å². The maximum Gasteiger partial charge on any atom is 0.267 e. The summed E-state index contributed by atoms with van der Waals surface area (Å²) in [5.74, 6) is -0.0288. The van der Waals surface area contributed by atoms with Gasteiger partial charge in [0, 0.05) is 41.1 Å². The number of nitrogens with one attached hydrogen (secondary N) is 2. The fourth-order valence-corrected chi connectivity index (χ4v) is 3.80. The third kappa shape index (κ3) is 3.78. The largest absolute Gasteiger partial charge is 0.351 e. The molecule has 1 aromatic heterocycles. The summed E-state index contributed by atoms with van der Waals surface area (Å²) >= 11 is 3.46. The van der Waals surface area contributed by atoms with Crippen molar-refractivity contribution in [1.29, 1.82) is 0 Å². The second kappa shape index (κ2) is 7.02. The summed E-state index contributed by atoms with van der Waals surface area (Å²) in [6, 6.07) is 18.5. The zero-order valence-electron chi connectivity index (χ0n) is 13.8. The molecule has 4 nitrogen and oxygen atoms in total. The minimum atomic E-state index is -0.0288. The Labute approximate surface area is 155 Å². The number of rotatable bonds is 4. The molecule has 1 aliphatic rings. The molecule has 25 heavy (non-hydrogen) atoms. The van der Waals surface area contributed by atoms with Gasteiger partial charge in [-0.05, 0) is 36.2 Å². The lowest BCUT2D eigenvalue weighted by atomic mass is 10.2. The maximum atomic E-state index is 12.5. The molecule has 1 amide bonds. The van der Waals surface area contributed by atoms with Crippen LogP contribution in [0.2, 0.25) is 0 Å². The van der Waals surface area contributed by atoms with Crippen LogP contribution >= 0.6 is 15.9 Å². The highest BCUT2D eigenvalue weighted by molar-refractivity contribution is 9.10. The molecule has 1 unspecified atom stereocenters. The predicted molar refractivity (Wildman–Crippen MR) is 104 cm³/mol. The fraction of sp³-hybridized carbons (Fsp3) is 0.250. The Morgan fingerprint density at radius 2 is 2.04 bits per heavy atom. The lowest BCUT2D eigenvalue weighted by molar-refractivity contribution is 0.0933. The van der Waals surface area contributed by atoms with Crippen LogP contribution in [0, 0.1) is 0 Å². The molecule has 3 aromatic rings. The summed E-state index contributed by atoms with van der Waals surface area (Å²) in [7, 11) is 0. The van der Waals surface area contributed by atoms with Gasteiger partial charge in [-0.15, -0.1) is 0 Å². The quantitative estimate of drug-likeness (QED) is 0.700. The van der Waals surface area contributed by atoms with Crippen LogP contribution in [-0.4, -0.2) is 34.9 Å². The monoisotopic (exact) mass is 397 g/mol. The predicted octanol–water partition coefficient (Wildman–Crippen LogP) is 3.93. The van der Waals surface area contributed by atoms with E-state index in [-0.39, 0.29) is 11.9 Å². The number of likely N-dealkylation sites (tertiary alicyclic amines) is 1. The minimum absolute atomic E-state index is 0.0288. The van der Waals surface area contributed by atoms with E-state index in [9.17, 15) is 4.79 Å². The number of aromatic nitrogens is 1. The number of aromatic amines is 1. The van der Waals surface area contributed by atoms with Crippen LogP contribution in [0.25, 0.3) is 10.9 Å². The molecular weight excluding hydrogens is 378 g/mol. The van der Waals surface area contributed by atoms with Gasteiger partial charge in [0.25, 0.3) is 5.91 Å². The minimum Gasteiger partial charge on any atom is -0.351 e. The number of hydrogen-bond donors (Lipinski definition) is 2. The van der Waals surface area contributed by atoms with Gasteiger partial charge in [-0.3, -0.25) is 9.69 Å². The molecular formula is C20H20BrN3O.